The van der Waals surface area contributed by atoms with E-state index in [1.807, 2.05) is 0 Å². The average Bonchev–Trinajstić information content (AvgIpc) is 3.64. The zero-order valence-corrected chi connectivity index (χ0v) is 29.0. The van der Waals surface area contributed by atoms with Crippen LogP contribution in [-0.4, -0.2) is 42.5 Å². The molecule has 42 heavy (non-hydrogen) atoms. The summed E-state index contributed by atoms with van der Waals surface area (Å²) in [5.41, 5.74) is 5.34. The molecule has 2 aliphatic rings. The summed E-state index contributed by atoms with van der Waals surface area (Å²) >= 11 is 11.6. The van der Waals surface area contributed by atoms with E-state index in [1.54, 1.807) is 0 Å². The molecule has 0 spiro atoms. The lowest BCUT2D eigenvalue weighted by Gasteiger charge is -2.38. The number of rotatable bonds is 9. The van der Waals surface area contributed by atoms with Gasteiger partial charge in [0.25, 0.3) is 0 Å². The van der Waals surface area contributed by atoms with Gasteiger partial charge in [-0.2, -0.15) is 12.6 Å². The lowest BCUT2D eigenvalue weighted by Crippen LogP contribution is -2.47. The Bertz CT molecular complexity index is 1170. The molecule has 2 bridgehead atoms. The molecule has 7 atom stereocenters. The van der Waals surface area contributed by atoms with Crippen LogP contribution in [0.2, 0.25) is 5.02 Å². The number of carbonyl (C=O) groups excluding carboxylic acids is 1. The van der Waals surface area contributed by atoms with Gasteiger partial charge in [0.05, 0.1) is 22.9 Å². The lowest BCUT2D eigenvalue weighted by atomic mass is 9.74. The van der Waals surface area contributed by atoms with Gasteiger partial charge in [-0.3, -0.25) is 4.79 Å². The average molecular weight is 615 g/mol. The van der Waals surface area contributed by atoms with Crippen LogP contribution in [0.25, 0.3) is 0 Å². The number of allylic oxidation sites excluding steroid dienone is 3. The Morgan fingerprint density at radius 3 is 2.67 bits per heavy atom. The smallest absolute Gasteiger partial charge is 0.207 e. The number of hydrogen-bond donors (Lipinski definition) is 2. The van der Waals surface area contributed by atoms with Crippen LogP contribution in [0.1, 0.15) is 91.7 Å². The molecular weight excluding hydrogens is 560 g/mol. The number of fused-ring (bicyclic) bond motifs is 3. The number of nitrogens with one attached hydrogen (secondary N) is 1. The number of halogens is 1. The molecular formula is C36H55ClN2O2S. The summed E-state index contributed by atoms with van der Waals surface area (Å²) in [4.78, 5) is 14.1. The van der Waals surface area contributed by atoms with Crippen molar-refractivity contribution in [2.45, 2.75) is 117 Å². The minimum atomic E-state index is -0.352. The number of epoxide rings is 1. The van der Waals surface area contributed by atoms with Gasteiger partial charge >= 0.3 is 0 Å². The third kappa shape index (κ3) is 8.07. The van der Waals surface area contributed by atoms with Crippen LogP contribution in [0, 0.1) is 17.8 Å². The molecule has 1 N–H and O–H groups in total. The fourth-order valence-electron chi connectivity index (χ4n) is 7.04. The SMILES string of the molecule is C=C(C[C@H]1N(C)c2cc(cc(CC)c2Cl)C/C(C)=C/C=C/C[C@](C)(NC=O)CC(CC)[C@@H](C)C2OC21C)C(C)CCS. The Hall–Kier alpha value is -1.69. The van der Waals surface area contributed by atoms with Gasteiger partial charge in [0.15, 0.2) is 0 Å². The first kappa shape index (κ1) is 34.8. The molecule has 1 fully saturated rings. The molecule has 6 heteroatoms. The van der Waals surface area contributed by atoms with Crippen molar-refractivity contribution in [3.8, 4) is 0 Å². The van der Waals surface area contributed by atoms with E-state index in [2.05, 4.69) is 115 Å². The van der Waals surface area contributed by atoms with Gasteiger partial charge in [0, 0.05) is 12.6 Å². The Labute approximate surface area is 266 Å². The summed E-state index contributed by atoms with van der Waals surface area (Å²) in [7, 11) is 2.18. The van der Waals surface area contributed by atoms with Crippen LogP contribution >= 0.6 is 24.2 Å². The highest BCUT2D eigenvalue weighted by atomic mass is 35.5. The van der Waals surface area contributed by atoms with Crippen molar-refractivity contribution in [2.75, 3.05) is 17.7 Å². The van der Waals surface area contributed by atoms with Gasteiger partial charge in [0.2, 0.25) is 6.41 Å². The summed E-state index contributed by atoms with van der Waals surface area (Å²) in [6.07, 6.45) is 13.7. The van der Waals surface area contributed by atoms with Crippen molar-refractivity contribution >= 4 is 36.3 Å². The quantitative estimate of drug-likeness (QED) is 0.126. The zero-order valence-electron chi connectivity index (χ0n) is 27.3. The van der Waals surface area contributed by atoms with E-state index in [-0.39, 0.29) is 23.3 Å². The summed E-state index contributed by atoms with van der Waals surface area (Å²) in [5, 5.41) is 3.99. The Balaban J connectivity index is 2.15. The van der Waals surface area contributed by atoms with E-state index in [0.29, 0.717) is 17.8 Å². The predicted molar refractivity (Wildman–Crippen MR) is 184 cm³/mol. The van der Waals surface area contributed by atoms with E-state index in [1.165, 1.54) is 22.3 Å². The first-order chi connectivity index (χ1) is 19.8. The van der Waals surface area contributed by atoms with E-state index >= 15 is 0 Å². The van der Waals surface area contributed by atoms with Crippen molar-refractivity contribution in [3.05, 3.63) is 64.2 Å². The van der Waals surface area contributed by atoms with Gasteiger partial charge in [-0.1, -0.05) is 87.7 Å². The van der Waals surface area contributed by atoms with Gasteiger partial charge < -0.3 is 15.0 Å². The van der Waals surface area contributed by atoms with Crippen LogP contribution in [0.4, 0.5) is 5.69 Å². The van der Waals surface area contributed by atoms with Crippen LogP contribution in [0.3, 0.4) is 0 Å². The summed E-state index contributed by atoms with van der Waals surface area (Å²) in [5.74, 6) is 1.94. The second-order valence-electron chi connectivity index (χ2n) is 13.4. The minimum absolute atomic E-state index is 0.0725. The van der Waals surface area contributed by atoms with Crippen molar-refractivity contribution in [1.29, 1.82) is 0 Å². The molecule has 2 aliphatic heterocycles. The number of thiol groups is 1. The summed E-state index contributed by atoms with van der Waals surface area (Å²) < 4.78 is 6.78. The maximum Gasteiger partial charge on any atom is 0.207 e. The number of anilines is 1. The molecule has 1 aromatic carbocycles. The fraction of sp³-hybridized carbons (Fsp3) is 0.639. The lowest BCUT2D eigenvalue weighted by molar-refractivity contribution is -0.111. The number of likely N-dealkylation sites (N-methyl/N-ethyl adjacent to an activating group) is 1. The Morgan fingerprint density at radius 1 is 1.33 bits per heavy atom. The number of hydrogen-bond acceptors (Lipinski definition) is 4. The number of amides is 1. The summed E-state index contributed by atoms with van der Waals surface area (Å²) in [6.45, 7) is 20.2. The molecule has 4 unspecified atom stereocenters. The molecule has 1 amide bonds. The van der Waals surface area contributed by atoms with Crippen molar-refractivity contribution in [1.82, 2.24) is 5.32 Å². The van der Waals surface area contributed by atoms with Gasteiger partial charge in [-0.15, -0.1) is 0 Å². The van der Waals surface area contributed by atoms with E-state index < -0.39 is 0 Å². The molecule has 1 aromatic rings. The molecule has 0 radical (unpaired) electrons. The largest absolute Gasteiger partial charge is 0.367 e. The van der Waals surface area contributed by atoms with Crippen LogP contribution < -0.4 is 10.2 Å². The fourth-order valence-corrected chi connectivity index (χ4v) is 7.80. The van der Waals surface area contributed by atoms with Crippen LogP contribution in [0.5, 0.6) is 0 Å². The monoisotopic (exact) mass is 614 g/mol. The molecule has 2 heterocycles. The number of ether oxygens (including phenoxy) is 1. The number of benzene rings is 1. The molecule has 234 valence electrons. The summed E-state index contributed by atoms with van der Waals surface area (Å²) in [6, 6.07) is 4.61. The van der Waals surface area contributed by atoms with Crippen molar-refractivity contribution in [3.63, 3.8) is 0 Å². The van der Waals surface area contributed by atoms with Gasteiger partial charge in [-0.05, 0) is 100.0 Å². The predicted octanol–water partition coefficient (Wildman–Crippen LogP) is 8.77. The van der Waals surface area contributed by atoms with E-state index in [9.17, 15) is 4.79 Å². The van der Waals surface area contributed by atoms with Gasteiger partial charge in [-0.25, -0.2) is 0 Å². The highest BCUT2D eigenvalue weighted by Gasteiger charge is 2.61. The maximum atomic E-state index is 11.7. The normalized spacial score (nSPS) is 33.0. The van der Waals surface area contributed by atoms with Gasteiger partial charge in [0.1, 0.15) is 5.60 Å². The molecule has 4 nitrogen and oxygen atoms in total. The minimum Gasteiger partial charge on any atom is -0.367 e. The maximum absolute atomic E-state index is 11.7. The molecule has 0 aliphatic carbocycles. The van der Waals surface area contributed by atoms with E-state index in [0.717, 1.165) is 67.8 Å². The first-order valence-corrected chi connectivity index (χ1v) is 16.9. The molecule has 3 rings (SSSR count). The molecule has 0 aromatic heterocycles. The van der Waals surface area contributed by atoms with Crippen molar-refractivity contribution < 1.29 is 9.53 Å². The second kappa shape index (κ2) is 14.9. The van der Waals surface area contributed by atoms with E-state index in [4.69, 9.17) is 16.3 Å². The van der Waals surface area contributed by atoms with Crippen LogP contribution in [-0.2, 0) is 22.4 Å². The standard InChI is InChI=1S/C36H55ClN2O2S/c1-10-29-20-28-18-24(3)14-12-13-16-35(7,38-23-40)22-30(11-2)27(6)34-36(8,41-34)32(19-26(5)25(4)15-17-42)39(9)31(21-28)33(29)37/h12-14,20-21,23,25,27,30,32,34,42H,5,10-11,15-19,22H2,1-4,6-9H3,(H,38,40)/b13-12+,24-14+/t25?,27-,30?,32-,34?,35+,36?/m1/s1. The molecule has 1 saturated heterocycles. The van der Waals surface area contributed by atoms with Crippen molar-refractivity contribution in [2.24, 2.45) is 17.8 Å². The number of carbonyl (C=O) groups is 1. The second-order valence-corrected chi connectivity index (χ2v) is 14.3. The Kier molecular flexibility index (Phi) is 12.3. The number of nitrogens with zero attached hydrogens (tertiary/aromatic N) is 1. The zero-order chi connectivity index (χ0) is 31.2. The first-order valence-electron chi connectivity index (χ1n) is 15.9. The third-order valence-corrected chi connectivity index (χ3v) is 10.8. The topological polar surface area (TPSA) is 44.9 Å². The highest BCUT2D eigenvalue weighted by molar-refractivity contribution is 7.80. The third-order valence-electron chi connectivity index (χ3n) is 10.1. The number of aryl methyl sites for hydroxylation is 1. The van der Waals surface area contributed by atoms with Crippen LogP contribution in [0.15, 0.2) is 48.1 Å². The highest BCUT2D eigenvalue weighted by Crippen LogP contribution is 2.52. The Morgan fingerprint density at radius 2 is 2.05 bits per heavy atom. The molecule has 0 saturated carbocycles.